The molecule has 0 saturated heterocycles. The molecule has 0 aliphatic carbocycles. The molecule has 0 aliphatic rings. The molecule has 26 heavy (non-hydrogen) atoms. The number of carbonyl (C=O) groups excluding carboxylic acids is 2. The van der Waals surface area contributed by atoms with Crippen molar-refractivity contribution in [3.05, 3.63) is 47.0 Å². The molecule has 9 heteroatoms. The fourth-order valence-corrected chi connectivity index (χ4v) is 2.32. The van der Waals surface area contributed by atoms with Gasteiger partial charge in [0.1, 0.15) is 11.5 Å². The van der Waals surface area contributed by atoms with Crippen molar-refractivity contribution in [2.45, 2.75) is 13.0 Å². The summed E-state index contributed by atoms with van der Waals surface area (Å²) in [6.07, 6.45) is -1.67. The Bertz CT molecular complexity index is 828. The molecule has 2 amide bonds. The highest BCUT2D eigenvalue weighted by molar-refractivity contribution is 5.99. The Kier molecular flexibility index (Phi) is 5.53. The summed E-state index contributed by atoms with van der Waals surface area (Å²) in [5.74, 6) is -2.55. The lowest BCUT2D eigenvalue weighted by Gasteiger charge is -2.14. The van der Waals surface area contributed by atoms with E-state index in [-0.39, 0.29) is 33.9 Å². The third-order valence-corrected chi connectivity index (χ3v) is 3.59. The van der Waals surface area contributed by atoms with E-state index in [1.54, 1.807) is 0 Å². The van der Waals surface area contributed by atoms with Gasteiger partial charge in [0.15, 0.2) is 17.6 Å². The number of aliphatic hydroxyl groups is 1. The number of amides is 2. The summed E-state index contributed by atoms with van der Waals surface area (Å²) >= 11 is 0. The van der Waals surface area contributed by atoms with E-state index in [0.29, 0.717) is 0 Å². The molecule has 0 aromatic heterocycles. The maximum Gasteiger partial charge on any atom is 0.273 e. The van der Waals surface area contributed by atoms with Gasteiger partial charge < -0.3 is 25.2 Å². The number of ether oxygens (including phenoxy) is 1. The van der Waals surface area contributed by atoms with Crippen molar-refractivity contribution in [3.63, 3.8) is 0 Å². The number of aryl methyl sites for hydroxylation is 1. The van der Waals surface area contributed by atoms with E-state index in [1.807, 2.05) is 5.43 Å². The van der Waals surface area contributed by atoms with Crippen molar-refractivity contribution >= 4 is 11.8 Å². The first-order valence-corrected chi connectivity index (χ1v) is 7.42. The number of aromatic hydroxyl groups is 3. The van der Waals surface area contributed by atoms with Crippen LogP contribution >= 0.6 is 0 Å². The average molecular weight is 362 g/mol. The normalized spacial score (nSPS) is 11.5. The topological polar surface area (TPSA) is 148 Å². The molecule has 0 bridgehead atoms. The molecule has 1 unspecified atom stereocenters. The summed E-state index contributed by atoms with van der Waals surface area (Å²) in [4.78, 5) is 24.1. The molecule has 2 aromatic carbocycles. The number of hydrazine groups is 1. The van der Waals surface area contributed by atoms with Gasteiger partial charge in [-0.05, 0) is 36.2 Å². The lowest BCUT2D eigenvalue weighted by atomic mass is 10.1. The fraction of sp³-hybridized carbons (Fsp3) is 0.176. The standard InChI is InChI=1S/C17H18N2O7/c1-8-5-10(20)7-12(22)14(8)16(24)18-19-17(25)15(23)9-3-4-13(26-2)11(21)6-9/h3-7,15,20-23H,1-2H3,(H,18,24)(H,19,25). The van der Waals surface area contributed by atoms with Crippen LogP contribution in [0.4, 0.5) is 0 Å². The van der Waals surface area contributed by atoms with Crippen molar-refractivity contribution in [1.82, 2.24) is 10.9 Å². The van der Waals surface area contributed by atoms with Gasteiger partial charge in [0.25, 0.3) is 11.8 Å². The minimum atomic E-state index is -1.67. The van der Waals surface area contributed by atoms with Crippen LogP contribution in [0.5, 0.6) is 23.0 Å². The zero-order chi connectivity index (χ0) is 19.4. The maximum absolute atomic E-state index is 12.1. The molecular formula is C17H18N2O7. The number of aliphatic hydroxyl groups excluding tert-OH is 1. The van der Waals surface area contributed by atoms with E-state index in [2.05, 4.69) is 5.43 Å². The number of nitrogens with one attached hydrogen (secondary N) is 2. The summed E-state index contributed by atoms with van der Waals surface area (Å²) in [6, 6.07) is 6.16. The second kappa shape index (κ2) is 7.62. The number of carbonyl (C=O) groups is 2. The number of hydrogen-bond donors (Lipinski definition) is 6. The van der Waals surface area contributed by atoms with E-state index < -0.39 is 23.7 Å². The van der Waals surface area contributed by atoms with Gasteiger partial charge >= 0.3 is 0 Å². The lowest BCUT2D eigenvalue weighted by Crippen LogP contribution is -2.44. The van der Waals surface area contributed by atoms with Crippen LogP contribution < -0.4 is 15.6 Å². The lowest BCUT2D eigenvalue weighted by molar-refractivity contribution is -0.130. The van der Waals surface area contributed by atoms with Gasteiger partial charge in [-0.25, -0.2) is 0 Å². The summed E-state index contributed by atoms with van der Waals surface area (Å²) in [7, 11) is 1.36. The molecule has 0 saturated carbocycles. The second-order valence-electron chi connectivity index (χ2n) is 5.43. The van der Waals surface area contributed by atoms with Gasteiger partial charge in [-0.2, -0.15) is 0 Å². The molecular weight excluding hydrogens is 344 g/mol. The molecule has 1 atom stereocenters. The first kappa shape index (κ1) is 18.9. The highest BCUT2D eigenvalue weighted by Crippen LogP contribution is 2.29. The summed E-state index contributed by atoms with van der Waals surface area (Å²) in [5, 5.41) is 38.8. The number of phenols is 3. The quantitative estimate of drug-likeness (QED) is 0.437. The Hall–Kier alpha value is -3.46. The smallest absolute Gasteiger partial charge is 0.273 e. The van der Waals surface area contributed by atoms with Crippen LogP contribution in [0, 0.1) is 6.92 Å². The van der Waals surface area contributed by atoms with Gasteiger partial charge in [-0.15, -0.1) is 0 Å². The third kappa shape index (κ3) is 3.95. The van der Waals surface area contributed by atoms with E-state index in [4.69, 9.17) is 4.74 Å². The molecule has 6 N–H and O–H groups in total. The number of methoxy groups -OCH3 is 1. The molecule has 138 valence electrons. The van der Waals surface area contributed by atoms with E-state index in [9.17, 15) is 30.0 Å². The average Bonchev–Trinajstić information content (AvgIpc) is 2.58. The fourth-order valence-electron chi connectivity index (χ4n) is 2.32. The van der Waals surface area contributed by atoms with Crippen molar-refractivity contribution in [3.8, 4) is 23.0 Å². The van der Waals surface area contributed by atoms with Gasteiger partial charge in [-0.3, -0.25) is 20.4 Å². The molecule has 0 radical (unpaired) electrons. The number of rotatable bonds is 4. The summed E-state index contributed by atoms with van der Waals surface area (Å²) in [6.45, 7) is 1.49. The SMILES string of the molecule is COc1ccc(C(O)C(=O)NNC(=O)c2c(C)cc(O)cc2O)cc1O. The molecule has 2 rings (SSSR count). The van der Waals surface area contributed by atoms with Gasteiger partial charge in [0, 0.05) is 6.07 Å². The number of hydrogen-bond acceptors (Lipinski definition) is 7. The molecule has 0 spiro atoms. The van der Waals surface area contributed by atoms with Crippen LogP contribution in [0.15, 0.2) is 30.3 Å². The highest BCUT2D eigenvalue weighted by atomic mass is 16.5. The summed E-state index contributed by atoms with van der Waals surface area (Å²) in [5.41, 5.74) is 4.31. The number of benzene rings is 2. The Morgan fingerprint density at radius 3 is 2.31 bits per heavy atom. The second-order valence-corrected chi connectivity index (χ2v) is 5.43. The van der Waals surface area contributed by atoms with Crippen LogP contribution in [0.3, 0.4) is 0 Å². The van der Waals surface area contributed by atoms with Gasteiger partial charge in [0.05, 0.1) is 12.7 Å². The highest BCUT2D eigenvalue weighted by Gasteiger charge is 2.21. The first-order valence-electron chi connectivity index (χ1n) is 7.42. The predicted octanol–water partition coefficient (Wildman–Crippen LogP) is 0.615. The van der Waals surface area contributed by atoms with Crippen molar-refractivity contribution < 1.29 is 34.8 Å². The molecule has 9 nitrogen and oxygen atoms in total. The van der Waals surface area contributed by atoms with Crippen LogP contribution in [-0.4, -0.2) is 39.4 Å². The van der Waals surface area contributed by atoms with Crippen molar-refractivity contribution in [2.75, 3.05) is 7.11 Å². The summed E-state index contributed by atoms with van der Waals surface area (Å²) < 4.78 is 4.87. The predicted molar refractivity (Wildman–Crippen MR) is 89.7 cm³/mol. The first-order chi connectivity index (χ1) is 12.2. The Balaban J connectivity index is 2.06. The van der Waals surface area contributed by atoms with Crippen LogP contribution in [0.2, 0.25) is 0 Å². The van der Waals surface area contributed by atoms with Crippen LogP contribution in [0.1, 0.15) is 27.6 Å². The Labute approximate surface area is 148 Å². The monoisotopic (exact) mass is 362 g/mol. The maximum atomic E-state index is 12.1. The van der Waals surface area contributed by atoms with E-state index in [0.717, 1.165) is 12.1 Å². The number of phenolic OH excluding ortho intramolecular Hbond substituents is 3. The molecule has 0 fully saturated rings. The van der Waals surface area contributed by atoms with E-state index in [1.165, 1.54) is 32.2 Å². The minimum Gasteiger partial charge on any atom is -0.508 e. The van der Waals surface area contributed by atoms with Crippen LogP contribution in [0.25, 0.3) is 0 Å². The zero-order valence-corrected chi connectivity index (χ0v) is 14.0. The Morgan fingerprint density at radius 1 is 1.04 bits per heavy atom. The van der Waals surface area contributed by atoms with Crippen LogP contribution in [-0.2, 0) is 4.79 Å². The molecule has 0 aliphatic heterocycles. The minimum absolute atomic E-state index is 0.0821. The molecule has 0 heterocycles. The third-order valence-electron chi connectivity index (χ3n) is 3.59. The van der Waals surface area contributed by atoms with E-state index >= 15 is 0 Å². The van der Waals surface area contributed by atoms with Gasteiger partial charge in [-0.1, -0.05) is 6.07 Å². The Morgan fingerprint density at radius 2 is 1.73 bits per heavy atom. The molecule has 2 aromatic rings. The largest absolute Gasteiger partial charge is 0.508 e. The van der Waals surface area contributed by atoms with Gasteiger partial charge in [0.2, 0.25) is 0 Å². The van der Waals surface area contributed by atoms with Crippen molar-refractivity contribution in [2.24, 2.45) is 0 Å². The van der Waals surface area contributed by atoms with Crippen molar-refractivity contribution in [1.29, 1.82) is 0 Å². The zero-order valence-electron chi connectivity index (χ0n) is 14.0.